The summed E-state index contributed by atoms with van der Waals surface area (Å²) in [5.41, 5.74) is 15.4. The van der Waals surface area contributed by atoms with Crippen LogP contribution in [-0.2, 0) is 25.7 Å². The Labute approximate surface area is 126 Å². The maximum absolute atomic E-state index is 6.08. The molecule has 0 saturated heterocycles. The first kappa shape index (κ1) is 14.0. The van der Waals surface area contributed by atoms with E-state index in [1.807, 2.05) is 0 Å². The fourth-order valence-electron chi connectivity index (χ4n) is 3.37. The molecule has 2 heteroatoms. The van der Waals surface area contributed by atoms with Crippen molar-refractivity contribution in [2.24, 2.45) is 0 Å². The Kier molecular flexibility index (Phi) is 3.62. The molecule has 0 aromatic heterocycles. The number of nitrogens with two attached hydrogens (primary N) is 1. The van der Waals surface area contributed by atoms with Crippen LogP contribution < -0.4 is 10.5 Å². The van der Waals surface area contributed by atoms with Crippen molar-refractivity contribution in [1.29, 1.82) is 0 Å². The molecule has 0 unspecified atom stereocenters. The fourth-order valence-corrected chi connectivity index (χ4v) is 3.37. The van der Waals surface area contributed by atoms with Crippen molar-refractivity contribution in [1.82, 2.24) is 0 Å². The summed E-state index contributed by atoms with van der Waals surface area (Å²) < 4.78 is 5.47. The molecule has 0 spiro atoms. The Bertz CT molecular complexity index is 638. The van der Waals surface area contributed by atoms with E-state index in [4.69, 9.17) is 10.5 Å². The third-order valence-electron chi connectivity index (χ3n) is 4.80. The monoisotopic (exact) mass is 281 g/mol. The second-order valence-electron chi connectivity index (χ2n) is 6.03. The predicted molar refractivity (Wildman–Crippen MR) is 88.1 cm³/mol. The summed E-state index contributed by atoms with van der Waals surface area (Å²) >= 11 is 0. The maximum Gasteiger partial charge on any atom is 0.119 e. The molecule has 3 rings (SSSR count). The third kappa shape index (κ3) is 2.63. The number of ether oxygens (including phenoxy) is 1. The number of nitrogen functional groups attached to an aromatic ring is 1. The highest BCUT2D eigenvalue weighted by Gasteiger charge is 2.14. The van der Waals surface area contributed by atoms with E-state index >= 15 is 0 Å². The van der Waals surface area contributed by atoms with Gasteiger partial charge in [0.25, 0.3) is 0 Å². The molecule has 1 aliphatic rings. The zero-order valence-electron chi connectivity index (χ0n) is 13.1. The lowest BCUT2D eigenvalue weighted by Crippen LogP contribution is -2.07. The zero-order chi connectivity index (χ0) is 15.0. The molecule has 0 radical (unpaired) electrons. The highest BCUT2D eigenvalue weighted by atomic mass is 16.5. The Balaban J connectivity index is 2.09. The molecule has 2 nitrogen and oxygen atoms in total. The van der Waals surface area contributed by atoms with Crippen LogP contribution in [0.15, 0.2) is 24.3 Å². The van der Waals surface area contributed by atoms with Crippen LogP contribution in [0.1, 0.15) is 33.4 Å². The van der Waals surface area contributed by atoms with Gasteiger partial charge in [-0.1, -0.05) is 0 Å². The van der Waals surface area contributed by atoms with Crippen molar-refractivity contribution in [2.75, 3.05) is 12.8 Å². The summed E-state index contributed by atoms with van der Waals surface area (Å²) in [4.78, 5) is 0. The SMILES string of the molecule is COc1cc2c(C)c(c1)CCc1cc(N)cc(c1C)CC2. The lowest BCUT2D eigenvalue weighted by molar-refractivity contribution is 0.413. The van der Waals surface area contributed by atoms with Gasteiger partial charge in [0.15, 0.2) is 0 Å². The summed E-state index contributed by atoms with van der Waals surface area (Å²) in [5, 5.41) is 0. The number of benzene rings is 2. The second-order valence-corrected chi connectivity index (χ2v) is 6.03. The number of anilines is 1. The molecule has 110 valence electrons. The van der Waals surface area contributed by atoms with Gasteiger partial charge in [-0.15, -0.1) is 0 Å². The summed E-state index contributed by atoms with van der Waals surface area (Å²) in [7, 11) is 1.75. The first-order valence-corrected chi connectivity index (χ1v) is 7.62. The average Bonchev–Trinajstić information content (AvgIpc) is 2.47. The molecule has 0 atom stereocenters. The van der Waals surface area contributed by atoms with Crippen molar-refractivity contribution in [3.05, 3.63) is 57.6 Å². The van der Waals surface area contributed by atoms with E-state index in [9.17, 15) is 0 Å². The van der Waals surface area contributed by atoms with Gasteiger partial charge in [0.05, 0.1) is 7.11 Å². The number of rotatable bonds is 1. The van der Waals surface area contributed by atoms with E-state index in [-0.39, 0.29) is 0 Å². The molecule has 1 aliphatic carbocycles. The second kappa shape index (κ2) is 5.44. The lowest BCUT2D eigenvalue weighted by atomic mass is 9.87. The van der Waals surface area contributed by atoms with E-state index in [0.717, 1.165) is 37.1 Å². The molecule has 2 aromatic carbocycles. The van der Waals surface area contributed by atoms with Gasteiger partial charge in [-0.25, -0.2) is 0 Å². The molecular weight excluding hydrogens is 258 g/mol. The Morgan fingerprint density at radius 2 is 1.14 bits per heavy atom. The molecule has 0 fully saturated rings. The smallest absolute Gasteiger partial charge is 0.119 e. The van der Waals surface area contributed by atoms with Gasteiger partial charge < -0.3 is 10.5 Å². The largest absolute Gasteiger partial charge is 0.497 e. The highest BCUT2D eigenvalue weighted by Crippen LogP contribution is 2.29. The zero-order valence-corrected chi connectivity index (χ0v) is 13.1. The van der Waals surface area contributed by atoms with E-state index in [1.165, 1.54) is 33.4 Å². The third-order valence-corrected chi connectivity index (χ3v) is 4.80. The van der Waals surface area contributed by atoms with E-state index in [2.05, 4.69) is 38.1 Å². The Morgan fingerprint density at radius 3 is 1.52 bits per heavy atom. The van der Waals surface area contributed by atoms with E-state index in [0.29, 0.717) is 0 Å². The van der Waals surface area contributed by atoms with Gasteiger partial charge in [0, 0.05) is 5.69 Å². The van der Waals surface area contributed by atoms with Crippen molar-refractivity contribution in [3.8, 4) is 5.75 Å². The Hall–Kier alpha value is -1.96. The summed E-state index contributed by atoms with van der Waals surface area (Å²) in [6.45, 7) is 4.47. The van der Waals surface area contributed by atoms with Gasteiger partial charge in [0.2, 0.25) is 0 Å². The molecule has 0 amide bonds. The minimum atomic E-state index is 0.893. The minimum absolute atomic E-state index is 0.893. The number of methoxy groups -OCH3 is 1. The van der Waals surface area contributed by atoms with Crippen molar-refractivity contribution >= 4 is 5.69 Å². The predicted octanol–water partition coefficient (Wildman–Crippen LogP) is 3.78. The topological polar surface area (TPSA) is 35.2 Å². The van der Waals surface area contributed by atoms with Gasteiger partial charge >= 0.3 is 0 Å². The molecule has 0 heterocycles. The standard InChI is InChI=1S/C19H23NO/c1-12-14-4-6-16-10-19(21-3)11-17(13(16)2)7-5-15(12)9-18(20)8-14/h8-11H,4-7,20H2,1-3H3. The van der Waals surface area contributed by atoms with E-state index in [1.54, 1.807) is 7.11 Å². The number of fused-ring (bicyclic) bond motifs is 4. The number of hydrogen-bond donors (Lipinski definition) is 1. The van der Waals surface area contributed by atoms with Crippen LogP contribution in [0.25, 0.3) is 0 Å². The van der Waals surface area contributed by atoms with Gasteiger partial charge in [-0.2, -0.15) is 0 Å². The number of aryl methyl sites for hydroxylation is 4. The van der Waals surface area contributed by atoms with Crippen LogP contribution >= 0.6 is 0 Å². The highest BCUT2D eigenvalue weighted by molar-refractivity contribution is 5.51. The quantitative estimate of drug-likeness (QED) is 0.807. The van der Waals surface area contributed by atoms with Crippen LogP contribution in [0, 0.1) is 13.8 Å². The first-order chi connectivity index (χ1) is 10.1. The lowest BCUT2D eigenvalue weighted by Gasteiger charge is -2.19. The molecule has 4 bridgehead atoms. The summed E-state index contributed by atoms with van der Waals surface area (Å²) in [5.74, 6) is 0.978. The summed E-state index contributed by atoms with van der Waals surface area (Å²) in [6, 6.07) is 8.64. The molecule has 21 heavy (non-hydrogen) atoms. The van der Waals surface area contributed by atoms with Crippen LogP contribution in [0.4, 0.5) is 5.69 Å². The Morgan fingerprint density at radius 1 is 0.762 bits per heavy atom. The van der Waals surface area contributed by atoms with Gasteiger partial charge in [0.1, 0.15) is 5.75 Å². The van der Waals surface area contributed by atoms with Crippen molar-refractivity contribution < 1.29 is 4.74 Å². The molecule has 2 aromatic rings. The number of hydrogen-bond acceptors (Lipinski definition) is 2. The van der Waals surface area contributed by atoms with Gasteiger partial charge in [-0.05, 0) is 97.2 Å². The molecular formula is C19H23NO. The van der Waals surface area contributed by atoms with Crippen LogP contribution in [-0.4, -0.2) is 7.11 Å². The van der Waals surface area contributed by atoms with Crippen LogP contribution in [0.2, 0.25) is 0 Å². The molecule has 2 N–H and O–H groups in total. The first-order valence-electron chi connectivity index (χ1n) is 7.62. The maximum atomic E-state index is 6.08. The fraction of sp³-hybridized carbons (Fsp3) is 0.368. The van der Waals surface area contributed by atoms with Crippen molar-refractivity contribution in [3.63, 3.8) is 0 Å². The molecule has 0 saturated carbocycles. The van der Waals surface area contributed by atoms with Crippen LogP contribution in [0.5, 0.6) is 5.75 Å². The van der Waals surface area contributed by atoms with Crippen molar-refractivity contribution in [2.45, 2.75) is 39.5 Å². The van der Waals surface area contributed by atoms with Gasteiger partial charge in [-0.3, -0.25) is 0 Å². The van der Waals surface area contributed by atoms with E-state index < -0.39 is 0 Å². The molecule has 0 aliphatic heterocycles. The average molecular weight is 281 g/mol. The summed E-state index contributed by atoms with van der Waals surface area (Å²) in [6.07, 6.45) is 4.16. The minimum Gasteiger partial charge on any atom is -0.497 e. The normalized spacial score (nSPS) is 13.9. The van der Waals surface area contributed by atoms with Crippen LogP contribution in [0.3, 0.4) is 0 Å².